The molecule has 0 heterocycles. The molecule has 0 aliphatic heterocycles. The molecule has 7 heavy (non-hydrogen) atoms. The summed E-state index contributed by atoms with van der Waals surface area (Å²) in [5.41, 5.74) is 5.48. The molecule has 0 amide bonds. The van der Waals surface area contributed by atoms with Gasteiger partial charge in [0.05, 0.1) is 0 Å². The normalized spacial score (nSPS) is 14.3. The molecule has 38 valence electrons. The Hall–Kier alpha value is 0.557. The standard InChI is InChI=1S/C5H12N.Li/c1-2-3-4-5-6;/h5H,2-4,6H2,1H3;. The van der Waals surface area contributed by atoms with Gasteiger partial charge in [-0.2, -0.15) is 0 Å². The SMILES string of the molecule is [Li][CH](N)CCCC. The molecule has 1 unspecified atom stereocenters. The van der Waals surface area contributed by atoms with Crippen LogP contribution in [0.4, 0.5) is 0 Å². The minimum absolute atomic E-state index is 0.403. The van der Waals surface area contributed by atoms with E-state index in [0.717, 1.165) is 0 Å². The molecule has 0 aliphatic carbocycles. The van der Waals surface area contributed by atoms with E-state index in [4.69, 9.17) is 5.73 Å². The van der Waals surface area contributed by atoms with Crippen LogP contribution in [0, 0.1) is 0 Å². The van der Waals surface area contributed by atoms with E-state index in [1.807, 2.05) is 0 Å². The summed E-state index contributed by atoms with van der Waals surface area (Å²) in [4.78, 5) is 0. The molecular formula is C5H12LiN. The molecule has 0 saturated carbocycles. The predicted molar refractivity (Wildman–Crippen MR) is 33.3 cm³/mol. The minimum atomic E-state index is 0.403. The average molecular weight is 93.1 g/mol. The topological polar surface area (TPSA) is 26.0 Å². The van der Waals surface area contributed by atoms with Gasteiger partial charge in [-0.05, 0) is 0 Å². The van der Waals surface area contributed by atoms with Crippen LogP contribution in [0.5, 0.6) is 0 Å². The third-order valence-corrected chi connectivity index (χ3v) is 1.01. The number of unbranched alkanes of at least 4 members (excludes halogenated alkanes) is 1. The molecule has 0 spiro atoms. The second-order valence-electron chi connectivity index (χ2n) is 2.12. The molecule has 2 N–H and O–H groups in total. The van der Waals surface area contributed by atoms with E-state index in [-0.39, 0.29) is 0 Å². The van der Waals surface area contributed by atoms with Gasteiger partial charge in [-0.1, -0.05) is 0 Å². The molecule has 0 aromatic heterocycles. The third-order valence-electron chi connectivity index (χ3n) is 1.01. The number of hydrogen-bond donors (Lipinski definition) is 1. The van der Waals surface area contributed by atoms with E-state index >= 15 is 0 Å². The zero-order chi connectivity index (χ0) is 5.70. The van der Waals surface area contributed by atoms with Gasteiger partial charge in [0.15, 0.2) is 0 Å². The third kappa shape index (κ3) is 6.56. The monoisotopic (exact) mass is 93.1 g/mol. The molecule has 0 aromatic rings. The Morgan fingerprint density at radius 3 is 2.43 bits per heavy atom. The van der Waals surface area contributed by atoms with E-state index in [9.17, 15) is 0 Å². The average Bonchev–Trinajstić information content (AvgIpc) is 1.61. The first-order valence-corrected chi connectivity index (χ1v) is 3.03. The second-order valence-corrected chi connectivity index (χ2v) is 2.12. The Bertz CT molecular complexity index is 37.1. The first kappa shape index (κ1) is 7.56. The summed E-state index contributed by atoms with van der Waals surface area (Å²) >= 11 is 2.05. The molecular weight excluding hydrogens is 81.0 g/mol. The van der Waals surface area contributed by atoms with Gasteiger partial charge in [0.1, 0.15) is 0 Å². The fraction of sp³-hybridized carbons (Fsp3) is 1.00. The van der Waals surface area contributed by atoms with Crippen LogP contribution in [-0.2, 0) is 0 Å². The van der Waals surface area contributed by atoms with Gasteiger partial charge < -0.3 is 0 Å². The molecule has 1 nitrogen and oxygen atoms in total. The maximum atomic E-state index is 5.48. The Morgan fingerprint density at radius 1 is 1.71 bits per heavy atom. The molecule has 0 fully saturated rings. The summed E-state index contributed by atoms with van der Waals surface area (Å²) in [5, 5.41) is 0. The van der Waals surface area contributed by atoms with Crippen LogP contribution in [0.15, 0.2) is 0 Å². The van der Waals surface area contributed by atoms with Gasteiger partial charge in [-0.25, -0.2) is 0 Å². The first-order valence-electron chi connectivity index (χ1n) is 3.03. The molecule has 1 atom stereocenters. The Kier molecular flexibility index (Phi) is 5.08. The van der Waals surface area contributed by atoms with Crippen molar-refractivity contribution in [3.63, 3.8) is 0 Å². The van der Waals surface area contributed by atoms with Crippen molar-refractivity contribution in [3.8, 4) is 0 Å². The first-order chi connectivity index (χ1) is 3.27. The zero-order valence-corrected chi connectivity index (χ0v) is 5.28. The van der Waals surface area contributed by atoms with Gasteiger partial charge in [0.2, 0.25) is 0 Å². The van der Waals surface area contributed by atoms with E-state index < -0.39 is 0 Å². The van der Waals surface area contributed by atoms with E-state index in [1.54, 1.807) is 0 Å². The Morgan fingerprint density at radius 2 is 2.29 bits per heavy atom. The van der Waals surface area contributed by atoms with Crippen LogP contribution in [-0.4, -0.2) is 22.4 Å². The molecule has 0 radical (unpaired) electrons. The molecule has 0 aromatic carbocycles. The van der Waals surface area contributed by atoms with Crippen LogP contribution < -0.4 is 5.73 Å². The van der Waals surface area contributed by atoms with Gasteiger partial charge in [0.25, 0.3) is 0 Å². The fourth-order valence-electron chi connectivity index (χ4n) is 0.526. The summed E-state index contributed by atoms with van der Waals surface area (Å²) in [6, 6.07) is 0. The van der Waals surface area contributed by atoms with Crippen molar-refractivity contribution >= 4 is 17.7 Å². The number of rotatable bonds is 3. The fourth-order valence-corrected chi connectivity index (χ4v) is 0.526. The second kappa shape index (κ2) is 4.71. The van der Waals surface area contributed by atoms with E-state index in [0.29, 0.717) is 4.71 Å². The Balaban J connectivity index is 2.68. The van der Waals surface area contributed by atoms with Crippen LogP contribution >= 0.6 is 0 Å². The van der Waals surface area contributed by atoms with Crippen molar-refractivity contribution in [3.05, 3.63) is 0 Å². The van der Waals surface area contributed by atoms with Gasteiger partial charge >= 0.3 is 54.3 Å². The van der Waals surface area contributed by atoms with Crippen molar-refractivity contribution in [1.82, 2.24) is 0 Å². The Labute approximate surface area is 54.9 Å². The van der Waals surface area contributed by atoms with Crippen molar-refractivity contribution in [2.45, 2.75) is 30.9 Å². The van der Waals surface area contributed by atoms with E-state index in [1.165, 1.54) is 19.3 Å². The predicted octanol–water partition coefficient (Wildman–Crippen LogP) is 0.630. The summed E-state index contributed by atoms with van der Waals surface area (Å²) in [7, 11) is 0. The molecule has 2 heteroatoms. The number of hydrogen-bond acceptors (Lipinski definition) is 1. The van der Waals surface area contributed by atoms with Crippen molar-refractivity contribution in [2.75, 3.05) is 0 Å². The molecule has 0 bridgehead atoms. The van der Waals surface area contributed by atoms with Crippen molar-refractivity contribution in [2.24, 2.45) is 5.73 Å². The van der Waals surface area contributed by atoms with Gasteiger partial charge in [-0.15, -0.1) is 0 Å². The van der Waals surface area contributed by atoms with Crippen LogP contribution in [0.25, 0.3) is 0 Å². The van der Waals surface area contributed by atoms with Gasteiger partial charge in [0, 0.05) is 0 Å². The summed E-state index contributed by atoms with van der Waals surface area (Å²) in [5.74, 6) is 0. The zero-order valence-electron chi connectivity index (χ0n) is 5.28. The summed E-state index contributed by atoms with van der Waals surface area (Å²) in [6.07, 6.45) is 3.72. The molecule has 0 rings (SSSR count). The van der Waals surface area contributed by atoms with Crippen molar-refractivity contribution in [1.29, 1.82) is 0 Å². The molecule has 0 saturated heterocycles. The maximum absolute atomic E-state index is 5.48. The van der Waals surface area contributed by atoms with Crippen LogP contribution in [0.3, 0.4) is 0 Å². The van der Waals surface area contributed by atoms with Crippen LogP contribution in [0.2, 0.25) is 0 Å². The van der Waals surface area contributed by atoms with Gasteiger partial charge in [-0.3, -0.25) is 0 Å². The van der Waals surface area contributed by atoms with E-state index in [2.05, 4.69) is 24.6 Å². The summed E-state index contributed by atoms with van der Waals surface area (Å²) < 4.78 is 0.403. The van der Waals surface area contributed by atoms with Crippen LogP contribution in [0.1, 0.15) is 26.2 Å². The summed E-state index contributed by atoms with van der Waals surface area (Å²) in [6.45, 7) is 2.18. The number of nitrogens with two attached hydrogens (primary N) is 1. The van der Waals surface area contributed by atoms with Crippen molar-refractivity contribution < 1.29 is 0 Å². The molecule has 0 aliphatic rings. The quantitative estimate of drug-likeness (QED) is 0.509.